The molecule has 192 valence electrons. The van der Waals surface area contributed by atoms with Crippen molar-refractivity contribution in [2.24, 2.45) is 4.99 Å². The van der Waals surface area contributed by atoms with E-state index in [0.29, 0.717) is 24.4 Å². The van der Waals surface area contributed by atoms with E-state index in [9.17, 15) is 19.6 Å². The lowest BCUT2D eigenvalue weighted by Gasteiger charge is -2.47. The third-order valence-corrected chi connectivity index (χ3v) is 6.84. The SMILES string of the molecule is CCN1c2cc(NC(C)=O)c(N=C3C(=O)N(CCCOC)C(=O)C(C#N)=C3C)cc2C(C)CC1(C)C. The Morgan fingerprint density at radius 3 is 2.58 bits per heavy atom. The number of amides is 3. The van der Waals surface area contributed by atoms with Gasteiger partial charge in [0.2, 0.25) is 5.91 Å². The number of imide groups is 1. The standard InChI is InChI=1S/C27H35N5O4/c1-8-32-23-13-22(29-18(4)33)21(12-19(23)16(2)14-27(32,5)6)30-24-17(3)20(15-28)25(34)31(26(24)35)10-9-11-36-7/h12-13,16H,8-11,14H2,1-7H3,(H,29,33). The summed E-state index contributed by atoms with van der Waals surface area (Å²) in [5, 5.41) is 12.5. The first-order chi connectivity index (χ1) is 17.0. The number of carbonyl (C=O) groups is 3. The van der Waals surface area contributed by atoms with Crippen LogP contribution in [-0.2, 0) is 19.1 Å². The molecule has 0 bridgehead atoms. The van der Waals surface area contributed by atoms with Crippen LogP contribution in [0, 0.1) is 11.3 Å². The van der Waals surface area contributed by atoms with E-state index in [1.807, 2.05) is 18.2 Å². The normalized spacial score (nSPS) is 20.5. The van der Waals surface area contributed by atoms with Gasteiger partial charge in [-0.2, -0.15) is 5.26 Å². The highest BCUT2D eigenvalue weighted by Gasteiger charge is 2.38. The van der Waals surface area contributed by atoms with Gasteiger partial charge >= 0.3 is 0 Å². The van der Waals surface area contributed by atoms with Crippen LogP contribution in [0.5, 0.6) is 0 Å². The number of rotatable bonds is 7. The van der Waals surface area contributed by atoms with Gasteiger partial charge in [0, 0.05) is 50.5 Å². The monoisotopic (exact) mass is 493 g/mol. The molecule has 9 heteroatoms. The van der Waals surface area contributed by atoms with Gasteiger partial charge in [0.1, 0.15) is 17.4 Å². The second kappa shape index (κ2) is 10.6. The van der Waals surface area contributed by atoms with Crippen molar-refractivity contribution in [2.45, 2.75) is 65.8 Å². The number of benzene rings is 1. The maximum absolute atomic E-state index is 13.4. The van der Waals surface area contributed by atoms with Gasteiger partial charge in [-0.1, -0.05) is 6.92 Å². The molecule has 0 fully saturated rings. The van der Waals surface area contributed by atoms with Crippen molar-refractivity contribution in [2.75, 3.05) is 37.0 Å². The third-order valence-electron chi connectivity index (χ3n) is 6.84. The van der Waals surface area contributed by atoms with Crippen molar-refractivity contribution in [1.29, 1.82) is 5.26 Å². The maximum Gasteiger partial charge on any atom is 0.279 e. The minimum absolute atomic E-state index is 0.0197. The molecule has 2 heterocycles. The molecule has 2 aliphatic heterocycles. The minimum atomic E-state index is -0.628. The summed E-state index contributed by atoms with van der Waals surface area (Å²) in [6, 6.07) is 5.76. The molecule has 9 nitrogen and oxygen atoms in total. The van der Waals surface area contributed by atoms with Crippen LogP contribution in [0.4, 0.5) is 17.1 Å². The van der Waals surface area contributed by atoms with Crippen molar-refractivity contribution < 1.29 is 19.1 Å². The molecular formula is C27H35N5O4. The fourth-order valence-corrected chi connectivity index (χ4v) is 5.25. The predicted molar refractivity (Wildman–Crippen MR) is 139 cm³/mol. The largest absolute Gasteiger partial charge is 0.385 e. The fourth-order valence-electron chi connectivity index (χ4n) is 5.25. The Kier molecular flexibility index (Phi) is 7.99. The van der Waals surface area contributed by atoms with Gasteiger partial charge in [0.05, 0.1) is 11.4 Å². The quantitative estimate of drug-likeness (QED) is 0.452. The average Bonchev–Trinajstić information content (AvgIpc) is 2.79. The zero-order valence-electron chi connectivity index (χ0n) is 22.2. The van der Waals surface area contributed by atoms with Gasteiger partial charge < -0.3 is 15.0 Å². The average molecular weight is 494 g/mol. The Balaban J connectivity index is 2.21. The van der Waals surface area contributed by atoms with E-state index >= 15 is 0 Å². The second-order valence-corrected chi connectivity index (χ2v) is 9.95. The molecule has 0 saturated carbocycles. The molecule has 0 aliphatic carbocycles. The number of hydrogen-bond acceptors (Lipinski definition) is 7. The highest BCUT2D eigenvalue weighted by molar-refractivity contribution is 6.51. The van der Waals surface area contributed by atoms with Gasteiger partial charge in [-0.15, -0.1) is 0 Å². The number of nitriles is 1. The lowest BCUT2D eigenvalue weighted by atomic mass is 9.79. The van der Waals surface area contributed by atoms with Crippen LogP contribution in [0.3, 0.4) is 0 Å². The molecular weight excluding hydrogens is 458 g/mol. The summed E-state index contributed by atoms with van der Waals surface area (Å²) in [4.78, 5) is 46.3. The summed E-state index contributed by atoms with van der Waals surface area (Å²) in [6.07, 6.45) is 1.37. The second-order valence-electron chi connectivity index (χ2n) is 9.95. The van der Waals surface area contributed by atoms with Crippen LogP contribution in [0.2, 0.25) is 0 Å². The zero-order chi connectivity index (χ0) is 26.8. The van der Waals surface area contributed by atoms with Gasteiger partial charge in [-0.05, 0) is 64.2 Å². The third kappa shape index (κ3) is 5.05. The van der Waals surface area contributed by atoms with E-state index in [1.165, 1.54) is 6.92 Å². The maximum atomic E-state index is 13.4. The van der Waals surface area contributed by atoms with E-state index in [2.05, 4.69) is 42.9 Å². The first kappa shape index (κ1) is 27.1. The van der Waals surface area contributed by atoms with Gasteiger partial charge in [-0.3, -0.25) is 19.3 Å². The Bertz CT molecular complexity index is 1190. The highest BCUT2D eigenvalue weighted by atomic mass is 16.5. The summed E-state index contributed by atoms with van der Waals surface area (Å²) in [5.74, 6) is -1.23. The van der Waals surface area contributed by atoms with Crippen molar-refractivity contribution in [3.8, 4) is 6.07 Å². The summed E-state index contributed by atoms with van der Waals surface area (Å²) >= 11 is 0. The van der Waals surface area contributed by atoms with E-state index in [0.717, 1.165) is 29.1 Å². The number of ether oxygens (including phenoxy) is 1. The van der Waals surface area contributed by atoms with Crippen LogP contribution < -0.4 is 10.2 Å². The Labute approximate surface area is 212 Å². The lowest BCUT2D eigenvalue weighted by molar-refractivity contribution is -0.138. The number of aliphatic imine (C=N–C) groups is 1. The molecule has 2 aliphatic rings. The molecule has 1 unspecified atom stereocenters. The number of hydrogen-bond donors (Lipinski definition) is 1. The van der Waals surface area contributed by atoms with Crippen molar-refractivity contribution in [1.82, 2.24) is 4.90 Å². The summed E-state index contributed by atoms with van der Waals surface area (Å²) in [7, 11) is 1.54. The smallest absolute Gasteiger partial charge is 0.279 e. The summed E-state index contributed by atoms with van der Waals surface area (Å²) in [5.41, 5.74) is 3.05. The van der Waals surface area contributed by atoms with Crippen LogP contribution in [0.1, 0.15) is 65.9 Å². The molecule has 1 atom stereocenters. The van der Waals surface area contributed by atoms with E-state index in [-0.39, 0.29) is 40.8 Å². The molecule has 0 saturated heterocycles. The number of nitrogens with zero attached hydrogens (tertiary/aromatic N) is 4. The first-order valence-electron chi connectivity index (χ1n) is 12.2. The molecule has 3 rings (SSSR count). The van der Waals surface area contributed by atoms with Crippen molar-refractivity contribution in [3.63, 3.8) is 0 Å². The Morgan fingerprint density at radius 2 is 2.00 bits per heavy atom. The van der Waals surface area contributed by atoms with E-state index in [1.54, 1.807) is 14.0 Å². The molecule has 36 heavy (non-hydrogen) atoms. The topological polar surface area (TPSA) is 115 Å². The van der Waals surface area contributed by atoms with Gasteiger partial charge in [-0.25, -0.2) is 4.99 Å². The van der Waals surface area contributed by atoms with Crippen LogP contribution in [-0.4, -0.2) is 60.7 Å². The first-order valence-corrected chi connectivity index (χ1v) is 12.2. The molecule has 1 aromatic rings. The van der Waals surface area contributed by atoms with Crippen LogP contribution in [0.15, 0.2) is 28.3 Å². The van der Waals surface area contributed by atoms with Gasteiger partial charge in [0.15, 0.2) is 0 Å². The zero-order valence-corrected chi connectivity index (χ0v) is 22.2. The molecule has 3 amide bonds. The minimum Gasteiger partial charge on any atom is -0.385 e. The number of methoxy groups -OCH3 is 1. The predicted octanol–water partition coefficient (Wildman–Crippen LogP) is 4.07. The number of carbonyl (C=O) groups excluding carboxylic acids is 3. The molecule has 0 spiro atoms. The van der Waals surface area contributed by atoms with Crippen LogP contribution >= 0.6 is 0 Å². The van der Waals surface area contributed by atoms with E-state index < -0.39 is 11.8 Å². The van der Waals surface area contributed by atoms with Crippen molar-refractivity contribution in [3.05, 3.63) is 28.8 Å². The fraction of sp³-hybridized carbons (Fsp3) is 0.519. The molecule has 0 aromatic heterocycles. The number of nitrogens with one attached hydrogen (secondary N) is 1. The Morgan fingerprint density at radius 1 is 1.31 bits per heavy atom. The molecule has 0 radical (unpaired) electrons. The summed E-state index contributed by atoms with van der Waals surface area (Å²) in [6.45, 7) is 12.9. The highest BCUT2D eigenvalue weighted by Crippen LogP contribution is 2.47. The lowest BCUT2D eigenvalue weighted by Crippen LogP contribution is -2.48. The summed E-state index contributed by atoms with van der Waals surface area (Å²) < 4.78 is 5.05. The number of fused-ring (bicyclic) bond motifs is 1. The van der Waals surface area contributed by atoms with Crippen LogP contribution in [0.25, 0.3) is 0 Å². The van der Waals surface area contributed by atoms with Gasteiger partial charge in [0.25, 0.3) is 11.8 Å². The van der Waals surface area contributed by atoms with E-state index in [4.69, 9.17) is 4.74 Å². The number of anilines is 2. The molecule has 1 N–H and O–H groups in total. The Hall–Kier alpha value is -3.51. The molecule has 1 aromatic carbocycles. The van der Waals surface area contributed by atoms with Crippen molar-refractivity contribution >= 4 is 40.5 Å².